The fourth-order valence-corrected chi connectivity index (χ4v) is 3.08. The Labute approximate surface area is 137 Å². The second kappa shape index (κ2) is 8.90. The number of aliphatic imine (C=N–C) groups is 1. The van der Waals surface area contributed by atoms with Gasteiger partial charge >= 0.3 is 0 Å². The molecule has 2 N–H and O–H groups in total. The largest absolute Gasteiger partial charge is 0.492 e. The van der Waals surface area contributed by atoms with Gasteiger partial charge in [0.2, 0.25) is 0 Å². The first-order chi connectivity index (χ1) is 10.7. The van der Waals surface area contributed by atoms with Crippen LogP contribution in [-0.4, -0.2) is 67.6 Å². The Hall–Kier alpha value is -1.40. The summed E-state index contributed by atoms with van der Waals surface area (Å²) in [5.74, 6) is 3.79. The normalized spacial score (nSPS) is 16.1. The van der Waals surface area contributed by atoms with Crippen molar-refractivity contribution in [3.05, 3.63) is 29.8 Å². The highest BCUT2D eigenvalue weighted by atomic mass is 32.2. The van der Waals surface area contributed by atoms with E-state index in [1.807, 2.05) is 50.1 Å². The summed E-state index contributed by atoms with van der Waals surface area (Å²) in [6.07, 6.45) is 0. The van der Waals surface area contributed by atoms with E-state index < -0.39 is 0 Å². The summed E-state index contributed by atoms with van der Waals surface area (Å²) in [6, 6.07) is 8.04. The molecule has 1 saturated heterocycles. The average Bonchev–Trinajstić information content (AvgIpc) is 2.54. The van der Waals surface area contributed by atoms with E-state index in [0.717, 1.165) is 42.5 Å². The highest BCUT2D eigenvalue weighted by Crippen LogP contribution is 2.19. The number of ether oxygens (including phenoxy) is 1. The number of para-hydroxylation sites is 1. The summed E-state index contributed by atoms with van der Waals surface area (Å²) >= 11 is 1.97. The number of rotatable bonds is 6. The van der Waals surface area contributed by atoms with Crippen LogP contribution in [0.3, 0.4) is 0 Å². The molecule has 0 saturated carbocycles. The van der Waals surface area contributed by atoms with Crippen molar-refractivity contribution in [3.63, 3.8) is 0 Å². The number of nitrogens with two attached hydrogens (primary N) is 1. The fourth-order valence-electron chi connectivity index (χ4n) is 2.17. The van der Waals surface area contributed by atoms with Gasteiger partial charge in [0, 0.05) is 36.7 Å². The molecular formula is C16H26N4OS. The SMILES string of the molecule is CN(C)CCOc1ccccc1CN=C(N)N1CCSCC1. The number of thioether (sulfide) groups is 1. The van der Waals surface area contributed by atoms with Gasteiger partial charge in [-0.2, -0.15) is 11.8 Å². The molecule has 1 aromatic rings. The van der Waals surface area contributed by atoms with E-state index in [-0.39, 0.29) is 0 Å². The summed E-state index contributed by atoms with van der Waals surface area (Å²) < 4.78 is 5.86. The lowest BCUT2D eigenvalue weighted by Gasteiger charge is -2.27. The van der Waals surface area contributed by atoms with E-state index in [0.29, 0.717) is 19.1 Å². The molecule has 0 spiro atoms. The molecule has 0 unspecified atom stereocenters. The molecule has 1 aliphatic heterocycles. The first-order valence-corrected chi connectivity index (χ1v) is 8.80. The molecule has 122 valence electrons. The van der Waals surface area contributed by atoms with Crippen LogP contribution in [0.25, 0.3) is 0 Å². The standard InChI is InChI=1S/C16H26N4OS/c1-19(2)7-10-21-15-6-4-3-5-14(15)13-18-16(17)20-8-11-22-12-9-20/h3-6H,7-13H2,1-2H3,(H2,17,18). The monoisotopic (exact) mass is 322 g/mol. The molecule has 1 aliphatic rings. The van der Waals surface area contributed by atoms with Gasteiger partial charge in [0.1, 0.15) is 12.4 Å². The molecule has 0 amide bonds. The van der Waals surface area contributed by atoms with E-state index in [9.17, 15) is 0 Å². The van der Waals surface area contributed by atoms with E-state index in [2.05, 4.69) is 14.8 Å². The summed E-state index contributed by atoms with van der Waals surface area (Å²) in [5.41, 5.74) is 7.18. The maximum atomic E-state index is 6.11. The summed E-state index contributed by atoms with van der Waals surface area (Å²) in [6.45, 7) is 4.10. The van der Waals surface area contributed by atoms with Gasteiger partial charge in [0.05, 0.1) is 6.54 Å². The Morgan fingerprint density at radius 2 is 2.05 bits per heavy atom. The fraction of sp³-hybridized carbons (Fsp3) is 0.562. The van der Waals surface area contributed by atoms with Crippen molar-refractivity contribution in [3.8, 4) is 5.75 Å². The predicted molar refractivity (Wildman–Crippen MR) is 94.7 cm³/mol. The minimum atomic E-state index is 0.563. The summed E-state index contributed by atoms with van der Waals surface area (Å²) in [5, 5.41) is 0. The first-order valence-electron chi connectivity index (χ1n) is 7.65. The third kappa shape index (κ3) is 5.42. The molecule has 6 heteroatoms. The Balaban J connectivity index is 1.93. The van der Waals surface area contributed by atoms with Crippen molar-refractivity contribution in [2.45, 2.75) is 6.54 Å². The predicted octanol–water partition coefficient (Wildman–Crippen LogP) is 1.49. The van der Waals surface area contributed by atoms with Gasteiger partial charge in [-0.05, 0) is 20.2 Å². The Morgan fingerprint density at radius 3 is 2.77 bits per heavy atom. The van der Waals surface area contributed by atoms with Gasteiger partial charge in [-0.25, -0.2) is 4.99 Å². The number of nitrogens with zero attached hydrogens (tertiary/aromatic N) is 3. The quantitative estimate of drug-likeness (QED) is 0.635. The zero-order chi connectivity index (χ0) is 15.8. The molecule has 1 aromatic carbocycles. The van der Waals surface area contributed by atoms with Crippen LogP contribution in [0, 0.1) is 0 Å². The summed E-state index contributed by atoms with van der Waals surface area (Å²) in [7, 11) is 4.08. The number of benzene rings is 1. The molecule has 0 atom stereocenters. The van der Waals surface area contributed by atoms with Crippen LogP contribution in [0.4, 0.5) is 0 Å². The molecule has 1 fully saturated rings. The van der Waals surface area contributed by atoms with Crippen LogP contribution < -0.4 is 10.5 Å². The smallest absolute Gasteiger partial charge is 0.191 e. The number of hydrogen-bond donors (Lipinski definition) is 1. The topological polar surface area (TPSA) is 54.1 Å². The van der Waals surface area contributed by atoms with E-state index in [4.69, 9.17) is 10.5 Å². The van der Waals surface area contributed by atoms with E-state index >= 15 is 0 Å². The zero-order valence-corrected chi connectivity index (χ0v) is 14.3. The minimum absolute atomic E-state index is 0.563. The van der Waals surface area contributed by atoms with Crippen LogP contribution in [0.15, 0.2) is 29.3 Å². The molecule has 2 rings (SSSR count). The second-order valence-corrected chi connectivity index (χ2v) is 6.76. The molecule has 1 heterocycles. The zero-order valence-electron chi connectivity index (χ0n) is 13.5. The van der Waals surface area contributed by atoms with Gasteiger partial charge in [-0.15, -0.1) is 0 Å². The van der Waals surface area contributed by atoms with Crippen LogP contribution >= 0.6 is 11.8 Å². The lowest BCUT2D eigenvalue weighted by atomic mass is 10.2. The van der Waals surface area contributed by atoms with Crippen molar-refractivity contribution in [2.24, 2.45) is 10.7 Å². The van der Waals surface area contributed by atoms with Gasteiger partial charge in [0.15, 0.2) is 5.96 Å². The highest BCUT2D eigenvalue weighted by Gasteiger charge is 2.12. The lowest BCUT2D eigenvalue weighted by Crippen LogP contribution is -2.42. The molecular weight excluding hydrogens is 296 g/mol. The molecule has 0 aromatic heterocycles. The Kier molecular flexibility index (Phi) is 6.86. The molecule has 0 radical (unpaired) electrons. The van der Waals surface area contributed by atoms with Crippen molar-refractivity contribution in [1.82, 2.24) is 9.80 Å². The molecule has 0 bridgehead atoms. The van der Waals surface area contributed by atoms with Crippen LogP contribution in [-0.2, 0) is 6.54 Å². The first kappa shape index (κ1) is 17.0. The second-order valence-electron chi connectivity index (χ2n) is 5.53. The number of hydrogen-bond acceptors (Lipinski definition) is 4. The molecule has 5 nitrogen and oxygen atoms in total. The van der Waals surface area contributed by atoms with Crippen LogP contribution in [0.2, 0.25) is 0 Å². The van der Waals surface area contributed by atoms with Gasteiger partial charge < -0.3 is 20.3 Å². The Morgan fingerprint density at radius 1 is 1.32 bits per heavy atom. The van der Waals surface area contributed by atoms with Crippen molar-refractivity contribution >= 4 is 17.7 Å². The minimum Gasteiger partial charge on any atom is -0.492 e. The highest BCUT2D eigenvalue weighted by molar-refractivity contribution is 7.99. The lowest BCUT2D eigenvalue weighted by molar-refractivity contribution is 0.259. The molecule has 22 heavy (non-hydrogen) atoms. The molecule has 0 aliphatic carbocycles. The maximum absolute atomic E-state index is 6.11. The van der Waals surface area contributed by atoms with Gasteiger partial charge in [-0.3, -0.25) is 0 Å². The van der Waals surface area contributed by atoms with Crippen molar-refractivity contribution < 1.29 is 4.74 Å². The summed E-state index contributed by atoms with van der Waals surface area (Å²) in [4.78, 5) is 8.81. The van der Waals surface area contributed by atoms with Crippen LogP contribution in [0.5, 0.6) is 5.75 Å². The Bertz CT molecular complexity index is 487. The maximum Gasteiger partial charge on any atom is 0.191 e. The van der Waals surface area contributed by atoms with Crippen LogP contribution in [0.1, 0.15) is 5.56 Å². The van der Waals surface area contributed by atoms with E-state index in [1.54, 1.807) is 0 Å². The van der Waals surface area contributed by atoms with Gasteiger partial charge in [-0.1, -0.05) is 18.2 Å². The average molecular weight is 322 g/mol. The van der Waals surface area contributed by atoms with Crippen molar-refractivity contribution in [2.75, 3.05) is 51.8 Å². The van der Waals surface area contributed by atoms with Crippen molar-refractivity contribution in [1.29, 1.82) is 0 Å². The van der Waals surface area contributed by atoms with E-state index in [1.165, 1.54) is 0 Å². The third-order valence-electron chi connectivity index (χ3n) is 3.52. The number of guanidine groups is 1. The van der Waals surface area contributed by atoms with Gasteiger partial charge in [0.25, 0.3) is 0 Å². The third-order valence-corrected chi connectivity index (χ3v) is 4.46. The number of likely N-dealkylation sites (N-methyl/N-ethyl adjacent to an activating group) is 1.